The average molecular weight is 359 g/mol. The van der Waals surface area contributed by atoms with Crippen molar-refractivity contribution in [2.24, 2.45) is 10.2 Å². The second-order valence-corrected chi connectivity index (χ2v) is 5.15. The van der Waals surface area contributed by atoms with Crippen LogP contribution in [0.25, 0.3) is 0 Å². The minimum atomic E-state index is -0.220. The van der Waals surface area contributed by atoms with Crippen molar-refractivity contribution in [3.8, 4) is 23.0 Å². The molecule has 8 nitrogen and oxygen atoms in total. The molecule has 0 atom stereocenters. The first-order chi connectivity index (χ1) is 12.5. The van der Waals surface area contributed by atoms with Crippen LogP contribution >= 0.6 is 0 Å². The third-order valence-corrected chi connectivity index (χ3v) is 3.44. The lowest BCUT2D eigenvalue weighted by Crippen LogP contribution is -2.05. The zero-order valence-electron chi connectivity index (χ0n) is 15.3. The number of carbonyl (C=O) groups excluding carboxylic acids is 1. The van der Waals surface area contributed by atoms with Gasteiger partial charge in [0.2, 0.25) is 11.7 Å². The number of methoxy groups -OCH3 is 4. The van der Waals surface area contributed by atoms with Crippen LogP contribution in [0.5, 0.6) is 23.0 Å². The average Bonchev–Trinajstić information content (AvgIpc) is 2.65. The van der Waals surface area contributed by atoms with Gasteiger partial charge in [0.1, 0.15) is 11.4 Å². The number of carbonyl (C=O) groups is 1. The molecule has 0 aromatic heterocycles. The van der Waals surface area contributed by atoms with Crippen LogP contribution < -0.4 is 24.3 Å². The van der Waals surface area contributed by atoms with Crippen molar-refractivity contribution in [3.05, 3.63) is 30.3 Å². The lowest BCUT2D eigenvalue weighted by molar-refractivity contribution is -0.114. The summed E-state index contributed by atoms with van der Waals surface area (Å²) < 4.78 is 21.0. The van der Waals surface area contributed by atoms with Crippen molar-refractivity contribution in [2.45, 2.75) is 6.92 Å². The molecule has 2 rings (SSSR count). The molecule has 0 aliphatic heterocycles. The normalized spacial score (nSPS) is 10.5. The number of nitrogens with zero attached hydrogens (tertiary/aromatic N) is 2. The summed E-state index contributed by atoms with van der Waals surface area (Å²) in [6, 6.07) is 8.45. The van der Waals surface area contributed by atoms with Gasteiger partial charge in [-0.1, -0.05) is 0 Å². The molecule has 0 bridgehead atoms. The number of benzene rings is 2. The van der Waals surface area contributed by atoms with E-state index in [1.54, 1.807) is 37.4 Å². The highest BCUT2D eigenvalue weighted by molar-refractivity contribution is 5.92. The number of hydrogen-bond acceptors (Lipinski definition) is 7. The molecule has 2 aromatic rings. The van der Waals surface area contributed by atoms with E-state index < -0.39 is 0 Å². The summed E-state index contributed by atoms with van der Waals surface area (Å²) in [5.41, 5.74) is 1.48. The summed E-state index contributed by atoms with van der Waals surface area (Å²) in [6.07, 6.45) is 0. The van der Waals surface area contributed by atoms with E-state index in [1.165, 1.54) is 28.3 Å². The molecule has 0 fully saturated rings. The van der Waals surface area contributed by atoms with E-state index in [0.717, 1.165) is 0 Å². The van der Waals surface area contributed by atoms with E-state index in [0.29, 0.717) is 40.1 Å². The number of amides is 1. The fourth-order valence-corrected chi connectivity index (χ4v) is 2.26. The van der Waals surface area contributed by atoms with Crippen molar-refractivity contribution < 1.29 is 23.7 Å². The maximum Gasteiger partial charge on any atom is 0.221 e. The molecule has 0 saturated carbocycles. The van der Waals surface area contributed by atoms with E-state index in [4.69, 9.17) is 18.9 Å². The SMILES string of the molecule is COc1ccc(N=Nc2cc(OC)c(OC)c(OC)c2)c(NC(C)=O)c1. The molecule has 26 heavy (non-hydrogen) atoms. The van der Waals surface area contributed by atoms with Gasteiger partial charge in [0.25, 0.3) is 0 Å². The zero-order valence-corrected chi connectivity index (χ0v) is 15.3. The monoisotopic (exact) mass is 359 g/mol. The summed E-state index contributed by atoms with van der Waals surface area (Å²) in [7, 11) is 6.12. The van der Waals surface area contributed by atoms with E-state index in [2.05, 4.69) is 15.5 Å². The topological polar surface area (TPSA) is 90.7 Å². The highest BCUT2D eigenvalue weighted by atomic mass is 16.5. The van der Waals surface area contributed by atoms with Gasteiger partial charge < -0.3 is 24.3 Å². The molecule has 0 radical (unpaired) electrons. The van der Waals surface area contributed by atoms with Crippen molar-refractivity contribution in [1.82, 2.24) is 0 Å². The predicted molar refractivity (Wildman–Crippen MR) is 97.6 cm³/mol. The molecule has 0 aliphatic rings. The number of rotatable bonds is 7. The molecular weight excluding hydrogens is 338 g/mol. The number of anilines is 1. The molecule has 2 aromatic carbocycles. The predicted octanol–water partition coefficient (Wildman–Crippen LogP) is 4.09. The number of ether oxygens (including phenoxy) is 4. The highest BCUT2D eigenvalue weighted by Gasteiger charge is 2.13. The highest BCUT2D eigenvalue weighted by Crippen LogP contribution is 2.41. The van der Waals surface area contributed by atoms with Gasteiger partial charge in [-0.05, 0) is 12.1 Å². The third-order valence-electron chi connectivity index (χ3n) is 3.44. The smallest absolute Gasteiger partial charge is 0.221 e. The molecule has 0 saturated heterocycles. The van der Waals surface area contributed by atoms with Gasteiger partial charge in [0, 0.05) is 25.1 Å². The van der Waals surface area contributed by atoms with E-state index >= 15 is 0 Å². The van der Waals surface area contributed by atoms with Crippen LogP contribution in [0.1, 0.15) is 6.92 Å². The first-order valence-electron chi connectivity index (χ1n) is 7.69. The first-order valence-corrected chi connectivity index (χ1v) is 7.69. The Morgan fingerprint density at radius 3 is 2.04 bits per heavy atom. The Hall–Kier alpha value is -3.29. The summed E-state index contributed by atoms with van der Waals surface area (Å²) >= 11 is 0. The van der Waals surface area contributed by atoms with Gasteiger partial charge in [0.15, 0.2) is 11.5 Å². The quantitative estimate of drug-likeness (QED) is 0.752. The Bertz CT molecular complexity index is 795. The fourth-order valence-electron chi connectivity index (χ4n) is 2.26. The van der Waals surface area contributed by atoms with Crippen molar-refractivity contribution >= 4 is 23.0 Å². The second kappa shape index (κ2) is 8.70. The maximum absolute atomic E-state index is 11.4. The van der Waals surface area contributed by atoms with Crippen LogP contribution in [-0.4, -0.2) is 34.3 Å². The summed E-state index contributed by atoms with van der Waals surface area (Å²) in [5.74, 6) is 1.79. The summed E-state index contributed by atoms with van der Waals surface area (Å²) in [6.45, 7) is 1.42. The fraction of sp³-hybridized carbons (Fsp3) is 0.278. The van der Waals surface area contributed by atoms with E-state index in [1.807, 2.05) is 0 Å². The van der Waals surface area contributed by atoms with Crippen molar-refractivity contribution in [3.63, 3.8) is 0 Å². The van der Waals surface area contributed by atoms with Gasteiger partial charge in [-0.3, -0.25) is 4.79 Å². The minimum absolute atomic E-state index is 0.220. The van der Waals surface area contributed by atoms with Gasteiger partial charge in [-0.2, -0.15) is 5.11 Å². The molecule has 0 aliphatic carbocycles. The molecule has 0 unspecified atom stereocenters. The summed E-state index contributed by atoms with van der Waals surface area (Å²) in [5, 5.41) is 11.1. The Kier molecular flexibility index (Phi) is 6.37. The molecular formula is C18H21N3O5. The van der Waals surface area contributed by atoms with Crippen LogP contribution in [-0.2, 0) is 4.79 Å². The molecule has 1 N–H and O–H groups in total. The number of azo groups is 1. The minimum Gasteiger partial charge on any atom is -0.497 e. The maximum atomic E-state index is 11.4. The number of nitrogens with one attached hydrogen (secondary N) is 1. The standard InChI is InChI=1S/C18H21N3O5/c1-11(22)19-15-10-13(23-2)6-7-14(15)21-20-12-8-16(24-3)18(26-5)17(9-12)25-4/h6-10H,1-5H3,(H,19,22). The van der Waals surface area contributed by atoms with Crippen molar-refractivity contribution in [2.75, 3.05) is 33.8 Å². The molecule has 1 amide bonds. The molecule has 0 heterocycles. The molecule has 0 spiro atoms. The van der Waals surface area contributed by atoms with Crippen molar-refractivity contribution in [1.29, 1.82) is 0 Å². The van der Waals surface area contributed by atoms with E-state index in [9.17, 15) is 4.79 Å². The van der Waals surface area contributed by atoms with Crippen LogP contribution in [0.3, 0.4) is 0 Å². The lowest BCUT2D eigenvalue weighted by atomic mass is 10.2. The Morgan fingerprint density at radius 1 is 0.885 bits per heavy atom. The first kappa shape index (κ1) is 19.0. The number of hydrogen-bond donors (Lipinski definition) is 1. The third kappa shape index (κ3) is 4.41. The largest absolute Gasteiger partial charge is 0.497 e. The van der Waals surface area contributed by atoms with Gasteiger partial charge >= 0.3 is 0 Å². The van der Waals surface area contributed by atoms with E-state index in [-0.39, 0.29) is 5.91 Å². The Labute approximate surface area is 151 Å². The van der Waals surface area contributed by atoms with Gasteiger partial charge in [-0.25, -0.2) is 0 Å². The van der Waals surface area contributed by atoms with Gasteiger partial charge in [0.05, 0.1) is 39.8 Å². The summed E-state index contributed by atoms with van der Waals surface area (Å²) in [4.78, 5) is 11.4. The molecule has 8 heteroatoms. The van der Waals surface area contributed by atoms with Crippen LogP contribution in [0, 0.1) is 0 Å². The van der Waals surface area contributed by atoms with Crippen LogP contribution in [0.4, 0.5) is 17.1 Å². The van der Waals surface area contributed by atoms with Gasteiger partial charge in [-0.15, -0.1) is 5.11 Å². The Morgan fingerprint density at radius 2 is 1.54 bits per heavy atom. The second-order valence-electron chi connectivity index (χ2n) is 5.15. The lowest BCUT2D eigenvalue weighted by Gasteiger charge is -2.12. The van der Waals surface area contributed by atoms with Crippen LogP contribution in [0.15, 0.2) is 40.6 Å². The van der Waals surface area contributed by atoms with Crippen LogP contribution in [0.2, 0.25) is 0 Å². The Balaban J connectivity index is 2.42. The molecule has 138 valence electrons. The zero-order chi connectivity index (χ0) is 19.1.